The summed E-state index contributed by atoms with van der Waals surface area (Å²) in [6.45, 7) is 0. The molecule has 15 heavy (non-hydrogen) atoms. The minimum atomic E-state index is -0.772. The first-order valence-corrected chi connectivity index (χ1v) is 5.40. The predicted molar refractivity (Wildman–Crippen MR) is 58.7 cm³/mol. The molecule has 0 radical (unpaired) electrons. The molecule has 3 nitrogen and oxygen atoms in total. The molecule has 0 aliphatic heterocycles. The van der Waals surface area contributed by atoms with Gasteiger partial charge in [-0.15, -0.1) is 0 Å². The Morgan fingerprint density at radius 1 is 1.40 bits per heavy atom. The van der Waals surface area contributed by atoms with Crippen LogP contribution in [0.5, 0.6) is 0 Å². The second-order valence-corrected chi connectivity index (χ2v) is 4.48. The number of carboxylic acids is 1. The Kier molecular flexibility index (Phi) is 2.43. The molecule has 0 aromatic heterocycles. The fourth-order valence-corrected chi connectivity index (χ4v) is 2.73. The highest BCUT2D eigenvalue weighted by molar-refractivity contribution is 5.86. The van der Waals surface area contributed by atoms with E-state index in [0.29, 0.717) is 6.42 Å². The van der Waals surface area contributed by atoms with Gasteiger partial charge in [0.2, 0.25) is 0 Å². The molecule has 1 N–H and O–H groups in total. The first-order valence-electron chi connectivity index (χ1n) is 5.40. The van der Waals surface area contributed by atoms with E-state index >= 15 is 0 Å². The van der Waals surface area contributed by atoms with Crippen LogP contribution in [-0.2, 0) is 4.79 Å². The fraction of sp³-hybridized carbons (Fsp3) is 0.583. The standard InChI is InChI=1S/C12H17NO2/c1-13(2)12(11(14)15)8-7-9-5-3-4-6-10(9)12/h5-6H,3-4,7-8H2,1-2H3,(H,14,15). The van der Waals surface area contributed by atoms with E-state index in [4.69, 9.17) is 0 Å². The van der Waals surface area contributed by atoms with Gasteiger partial charge in [-0.05, 0) is 50.9 Å². The first-order chi connectivity index (χ1) is 7.09. The van der Waals surface area contributed by atoms with Crippen LogP contribution in [0, 0.1) is 0 Å². The Morgan fingerprint density at radius 2 is 2.07 bits per heavy atom. The molecule has 0 bridgehead atoms. The topological polar surface area (TPSA) is 40.5 Å². The van der Waals surface area contributed by atoms with Gasteiger partial charge >= 0.3 is 5.97 Å². The lowest BCUT2D eigenvalue weighted by Crippen LogP contribution is -2.50. The number of carbonyl (C=O) groups is 1. The molecule has 0 amide bonds. The summed E-state index contributed by atoms with van der Waals surface area (Å²) in [5.41, 5.74) is 1.51. The SMILES string of the molecule is CN(C)C1(C(=O)O)CCC2=CCCC=C21. The molecule has 1 atom stereocenters. The highest BCUT2D eigenvalue weighted by Crippen LogP contribution is 2.44. The van der Waals surface area contributed by atoms with E-state index in [0.717, 1.165) is 24.8 Å². The Balaban J connectivity index is 2.48. The van der Waals surface area contributed by atoms with E-state index < -0.39 is 11.5 Å². The summed E-state index contributed by atoms with van der Waals surface area (Å²) in [7, 11) is 3.71. The van der Waals surface area contributed by atoms with Crippen LogP contribution in [0.4, 0.5) is 0 Å². The molecule has 0 spiro atoms. The van der Waals surface area contributed by atoms with Crippen molar-refractivity contribution >= 4 is 5.97 Å². The molecular weight excluding hydrogens is 190 g/mol. The third kappa shape index (κ3) is 1.34. The van der Waals surface area contributed by atoms with Crippen molar-refractivity contribution in [2.75, 3.05) is 14.1 Å². The molecule has 0 aromatic rings. The van der Waals surface area contributed by atoms with Crippen molar-refractivity contribution in [3.05, 3.63) is 23.3 Å². The Hall–Kier alpha value is -1.09. The number of fused-ring (bicyclic) bond motifs is 1. The van der Waals surface area contributed by atoms with Gasteiger partial charge in [-0.1, -0.05) is 12.2 Å². The molecule has 1 unspecified atom stereocenters. The van der Waals surface area contributed by atoms with E-state index in [-0.39, 0.29) is 0 Å². The Labute approximate surface area is 90.1 Å². The van der Waals surface area contributed by atoms with Gasteiger partial charge in [-0.25, -0.2) is 4.79 Å². The zero-order valence-electron chi connectivity index (χ0n) is 9.29. The summed E-state index contributed by atoms with van der Waals surface area (Å²) >= 11 is 0. The van der Waals surface area contributed by atoms with Crippen molar-refractivity contribution in [3.8, 4) is 0 Å². The smallest absolute Gasteiger partial charge is 0.328 e. The number of likely N-dealkylation sites (N-methyl/N-ethyl adjacent to an activating group) is 1. The monoisotopic (exact) mass is 207 g/mol. The van der Waals surface area contributed by atoms with Crippen LogP contribution < -0.4 is 0 Å². The van der Waals surface area contributed by atoms with Gasteiger partial charge in [0.1, 0.15) is 5.54 Å². The summed E-state index contributed by atoms with van der Waals surface area (Å²) < 4.78 is 0. The average molecular weight is 207 g/mol. The third-order valence-electron chi connectivity index (χ3n) is 3.57. The minimum Gasteiger partial charge on any atom is -0.480 e. The quantitative estimate of drug-likeness (QED) is 0.750. The van der Waals surface area contributed by atoms with Gasteiger partial charge in [0.05, 0.1) is 0 Å². The van der Waals surface area contributed by atoms with Crippen LogP contribution in [0.3, 0.4) is 0 Å². The molecule has 0 heterocycles. The van der Waals surface area contributed by atoms with E-state index in [9.17, 15) is 9.90 Å². The predicted octanol–water partition coefficient (Wildman–Crippen LogP) is 1.81. The maximum Gasteiger partial charge on any atom is 0.328 e. The number of allylic oxidation sites excluding steroid dienone is 2. The minimum absolute atomic E-state index is 0.701. The lowest BCUT2D eigenvalue weighted by molar-refractivity contribution is -0.147. The van der Waals surface area contributed by atoms with Gasteiger partial charge in [-0.2, -0.15) is 0 Å². The summed E-state index contributed by atoms with van der Waals surface area (Å²) in [6.07, 6.45) is 7.94. The second-order valence-electron chi connectivity index (χ2n) is 4.48. The van der Waals surface area contributed by atoms with Crippen molar-refractivity contribution in [1.82, 2.24) is 4.90 Å². The van der Waals surface area contributed by atoms with Crippen molar-refractivity contribution < 1.29 is 9.90 Å². The number of rotatable bonds is 2. The van der Waals surface area contributed by atoms with Gasteiger partial charge in [0.25, 0.3) is 0 Å². The second kappa shape index (κ2) is 3.49. The van der Waals surface area contributed by atoms with Gasteiger partial charge in [-0.3, -0.25) is 4.90 Å². The average Bonchev–Trinajstić information content (AvgIpc) is 2.57. The molecular formula is C12H17NO2. The maximum atomic E-state index is 11.5. The van der Waals surface area contributed by atoms with Crippen LogP contribution in [0.25, 0.3) is 0 Å². The number of hydrogen-bond donors (Lipinski definition) is 1. The summed E-state index contributed by atoms with van der Waals surface area (Å²) in [5, 5.41) is 9.46. The van der Waals surface area contributed by atoms with Crippen molar-refractivity contribution in [2.24, 2.45) is 0 Å². The molecule has 3 heteroatoms. The number of hydrogen-bond acceptors (Lipinski definition) is 2. The summed E-state index contributed by atoms with van der Waals surface area (Å²) in [4.78, 5) is 13.4. The summed E-state index contributed by atoms with van der Waals surface area (Å²) in [6, 6.07) is 0. The largest absolute Gasteiger partial charge is 0.480 e. The molecule has 0 saturated heterocycles. The normalized spacial score (nSPS) is 29.8. The van der Waals surface area contributed by atoms with E-state index in [2.05, 4.69) is 12.2 Å². The van der Waals surface area contributed by atoms with Gasteiger partial charge < -0.3 is 5.11 Å². The highest BCUT2D eigenvalue weighted by atomic mass is 16.4. The number of carboxylic acid groups (broad SMARTS) is 1. The van der Waals surface area contributed by atoms with E-state index in [1.807, 2.05) is 19.0 Å². The van der Waals surface area contributed by atoms with Gasteiger partial charge in [0.15, 0.2) is 0 Å². The molecule has 1 saturated carbocycles. The molecule has 1 fully saturated rings. The highest BCUT2D eigenvalue weighted by Gasteiger charge is 2.49. The number of nitrogens with zero attached hydrogens (tertiary/aromatic N) is 1. The van der Waals surface area contributed by atoms with Crippen molar-refractivity contribution in [1.29, 1.82) is 0 Å². The number of aliphatic carboxylic acids is 1. The van der Waals surface area contributed by atoms with Crippen LogP contribution in [0.15, 0.2) is 23.3 Å². The first kappa shape index (κ1) is 10.4. The van der Waals surface area contributed by atoms with E-state index in [1.165, 1.54) is 5.57 Å². The van der Waals surface area contributed by atoms with Crippen molar-refractivity contribution in [2.45, 2.75) is 31.2 Å². The lowest BCUT2D eigenvalue weighted by atomic mass is 9.87. The Bertz CT molecular complexity index is 355. The zero-order chi connectivity index (χ0) is 11.1. The van der Waals surface area contributed by atoms with E-state index in [1.54, 1.807) is 0 Å². The third-order valence-corrected chi connectivity index (χ3v) is 3.57. The zero-order valence-corrected chi connectivity index (χ0v) is 9.29. The van der Waals surface area contributed by atoms with Crippen LogP contribution in [0.2, 0.25) is 0 Å². The summed E-state index contributed by atoms with van der Waals surface area (Å²) in [5.74, 6) is -0.718. The van der Waals surface area contributed by atoms with Crippen molar-refractivity contribution in [3.63, 3.8) is 0 Å². The molecule has 0 aromatic carbocycles. The van der Waals surface area contributed by atoms with Crippen LogP contribution in [0.1, 0.15) is 25.7 Å². The lowest BCUT2D eigenvalue weighted by Gasteiger charge is -2.34. The fourth-order valence-electron chi connectivity index (χ4n) is 2.73. The van der Waals surface area contributed by atoms with Gasteiger partial charge in [0, 0.05) is 0 Å². The van der Waals surface area contributed by atoms with Crippen LogP contribution >= 0.6 is 0 Å². The van der Waals surface area contributed by atoms with Crippen LogP contribution in [-0.4, -0.2) is 35.6 Å². The molecule has 2 rings (SSSR count). The Morgan fingerprint density at radius 3 is 2.67 bits per heavy atom. The molecule has 82 valence electrons. The molecule has 2 aliphatic carbocycles. The molecule has 2 aliphatic rings. The maximum absolute atomic E-state index is 11.5.